The first-order valence-electron chi connectivity index (χ1n) is 7.45. The van der Waals surface area contributed by atoms with E-state index in [0.717, 1.165) is 25.0 Å². The Morgan fingerprint density at radius 1 is 1.39 bits per heavy atom. The lowest BCUT2D eigenvalue weighted by atomic mass is 9.95. The quantitative estimate of drug-likeness (QED) is 0.758. The van der Waals surface area contributed by atoms with Crippen LogP contribution in [-0.2, 0) is 13.0 Å². The molecule has 2 bridgehead atoms. The number of fused-ring (bicyclic) bond motifs is 2. The Morgan fingerprint density at radius 3 is 3.22 bits per heavy atom. The molecule has 3 aliphatic rings. The van der Waals surface area contributed by atoms with Crippen molar-refractivity contribution >= 4 is 0 Å². The molecule has 18 heavy (non-hydrogen) atoms. The molecule has 0 unspecified atom stereocenters. The first kappa shape index (κ1) is 11.0. The van der Waals surface area contributed by atoms with E-state index >= 15 is 0 Å². The van der Waals surface area contributed by atoms with E-state index in [4.69, 9.17) is 0 Å². The van der Waals surface area contributed by atoms with E-state index in [0.29, 0.717) is 5.41 Å². The summed E-state index contributed by atoms with van der Waals surface area (Å²) in [5.41, 5.74) is 0.542. The van der Waals surface area contributed by atoms with Gasteiger partial charge >= 0.3 is 0 Å². The van der Waals surface area contributed by atoms with Crippen LogP contribution in [0.1, 0.15) is 44.9 Å². The molecule has 3 heterocycles. The molecule has 1 saturated carbocycles. The van der Waals surface area contributed by atoms with Gasteiger partial charge in [-0.3, -0.25) is 4.90 Å². The number of hydrogen-bond acceptors (Lipinski definition) is 3. The van der Waals surface area contributed by atoms with Gasteiger partial charge in [0, 0.05) is 23.9 Å². The standard InChI is InChI=1S/C14H22N4/c1-2-17-11-5-3-4-6-13-15-10-16-18(13)9-14(7-11)8-12(14)17/h10-12H,2-9H2,1H3/t11-,12-,14+/m1/s1. The third kappa shape index (κ3) is 1.48. The molecular weight excluding hydrogens is 224 g/mol. The summed E-state index contributed by atoms with van der Waals surface area (Å²) >= 11 is 0. The molecule has 4 rings (SSSR count). The molecular formula is C14H22N4. The van der Waals surface area contributed by atoms with Crippen LogP contribution in [0.4, 0.5) is 0 Å². The highest BCUT2D eigenvalue weighted by atomic mass is 15.4. The molecule has 1 aromatic heterocycles. The lowest BCUT2D eigenvalue weighted by Gasteiger charge is -2.26. The Hall–Kier alpha value is -0.900. The normalized spacial score (nSPS) is 39.2. The van der Waals surface area contributed by atoms with Crippen molar-refractivity contribution in [3.8, 4) is 0 Å². The summed E-state index contributed by atoms with van der Waals surface area (Å²) < 4.78 is 2.20. The number of nitrogens with zero attached hydrogens (tertiary/aromatic N) is 4. The third-order valence-electron chi connectivity index (χ3n) is 5.37. The number of aromatic nitrogens is 3. The van der Waals surface area contributed by atoms with Gasteiger partial charge in [-0.15, -0.1) is 0 Å². The molecule has 1 spiro atoms. The maximum Gasteiger partial charge on any atom is 0.138 e. The summed E-state index contributed by atoms with van der Waals surface area (Å²) in [6.07, 6.45) is 9.63. The molecule has 98 valence electrons. The van der Waals surface area contributed by atoms with E-state index in [1.54, 1.807) is 6.33 Å². The average Bonchev–Trinajstić information content (AvgIpc) is 2.76. The Balaban J connectivity index is 1.66. The van der Waals surface area contributed by atoms with Gasteiger partial charge in [0.25, 0.3) is 0 Å². The van der Waals surface area contributed by atoms with Crippen molar-refractivity contribution in [3.63, 3.8) is 0 Å². The summed E-state index contributed by atoms with van der Waals surface area (Å²) in [5.74, 6) is 1.21. The van der Waals surface area contributed by atoms with Crippen molar-refractivity contribution in [1.29, 1.82) is 0 Å². The van der Waals surface area contributed by atoms with Crippen molar-refractivity contribution in [2.75, 3.05) is 6.54 Å². The van der Waals surface area contributed by atoms with Crippen LogP contribution >= 0.6 is 0 Å². The Kier molecular flexibility index (Phi) is 2.31. The maximum atomic E-state index is 4.46. The number of aryl methyl sites for hydroxylation is 1. The number of piperidine rings is 1. The molecule has 2 fully saturated rings. The summed E-state index contributed by atoms with van der Waals surface area (Å²) in [4.78, 5) is 7.21. The van der Waals surface area contributed by atoms with Crippen molar-refractivity contribution in [3.05, 3.63) is 12.2 Å². The topological polar surface area (TPSA) is 34.0 Å². The molecule has 0 radical (unpaired) electrons. The van der Waals surface area contributed by atoms with E-state index in [-0.39, 0.29) is 0 Å². The van der Waals surface area contributed by atoms with Crippen molar-refractivity contribution in [2.24, 2.45) is 5.41 Å². The smallest absolute Gasteiger partial charge is 0.138 e. The van der Waals surface area contributed by atoms with E-state index in [1.807, 2.05) is 0 Å². The van der Waals surface area contributed by atoms with Crippen molar-refractivity contribution in [1.82, 2.24) is 19.7 Å². The Morgan fingerprint density at radius 2 is 2.33 bits per heavy atom. The SMILES string of the molecule is CCN1[C@@H]2CCCCc3ncnn3C[C@]3(C2)C[C@@H]13. The minimum atomic E-state index is 0.542. The van der Waals surface area contributed by atoms with Crippen molar-refractivity contribution in [2.45, 2.75) is 64.1 Å². The van der Waals surface area contributed by atoms with Crippen LogP contribution in [-0.4, -0.2) is 38.3 Å². The van der Waals surface area contributed by atoms with Gasteiger partial charge < -0.3 is 0 Å². The molecule has 1 aliphatic carbocycles. The molecule has 2 aliphatic heterocycles. The van der Waals surface area contributed by atoms with Crippen LogP contribution in [0.5, 0.6) is 0 Å². The molecule has 0 amide bonds. The summed E-state index contributed by atoms with van der Waals surface area (Å²) in [6.45, 7) is 4.66. The highest BCUT2D eigenvalue weighted by molar-refractivity contribution is 5.16. The van der Waals surface area contributed by atoms with E-state index in [2.05, 4.69) is 26.6 Å². The van der Waals surface area contributed by atoms with Gasteiger partial charge in [0.2, 0.25) is 0 Å². The average molecular weight is 246 g/mol. The van der Waals surface area contributed by atoms with Gasteiger partial charge in [-0.2, -0.15) is 5.10 Å². The van der Waals surface area contributed by atoms with Gasteiger partial charge in [0.05, 0.1) is 6.54 Å². The molecule has 1 aromatic rings. The zero-order valence-electron chi connectivity index (χ0n) is 11.2. The highest BCUT2D eigenvalue weighted by Gasteiger charge is 2.63. The number of likely N-dealkylation sites (tertiary alicyclic amines) is 1. The largest absolute Gasteiger partial charge is 0.297 e. The minimum Gasteiger partial charge on any atom is -0.297 e. The number of hydrogen-bond donors (Lipinski definition) is 0. The maximum absolute atomic E-state index is 4.46. The van der Waals surface area contributed by atoms with Crippen LogP contribution in [0.15, 0.2) is 6.33 Å². The first-order valence-corrected chi connectivity index (χ1v) is 7.45. The lowest BCUT2D eigenvalue weighted by Crippen LogP contribution is -2.32. The number of rotatable bonds is 1. The fourth-order valence-corrected chi connectivity index (χ4v) is 4.41. The van der Waals surface area contributed by atoms with Gasteiger partial charge in [-0.05, 0) is 32.2 Å². The second-order valence-corrected chi connectivity index (χ2v) is 6.35. The molecule has 3 atom stereocenters. The monoisotopic (exact) mass is 246 g/mol. The third-order valence-corrected chi connectivity index (χ3v) is 5.37. The molecule has 1 saturated heterocycles. The zero-order valence-corrected chi connectivity index (χ0v) is 11.2. The summed E-state index contributed by atoms with van der Waals surface area (Å²) in [6, 6.07) is 1.68. The molecule has 0 N–H and O–H groups in total. The van der Waals surface area contributed by atoms with E-state index in [1.165, 1.54) is 44.5 Å². The fraction of sp³-hybridized carbons (Fsp3) is 0.857. The zero-order chi connectivity index (χ0) is 12.2. The fourth-order valence-electron chi connectivity index (χ4n) is 4.41. The van der Waals surface area contributed by atoms with Crippen LogP contribution in [0.2, 0.25) is 0 Å². The second kappa shape index (κ2) is 3.80. The van der Waals surface area contributed by atoms with Crippen LogP contribution in [0.25, 0.3) is 0 Å². The van der Waals surface area contributed by atoms with Crippen LogP contribution < -0.4 is 0 Å². The molecule has 4 heteroatoms. The second-order valence-electron chi connectivity index (χ2n) is 6.35. The predicted octanol–water partition coefficient (Wildman–Crippen LogP) is 1.86. The Labute approximate surface area is 108 Å². The van der Waals surface area contributed by atoms with Gasteiger partial charge in [0.15, 0.2) is 0 Å². The Bertz CT molecular complexity index is 454. The summed E-state index contributed by atoms with van der Waals surface area (Å²) in [5, 5.41) is 4.46. The van der Waals surface area contributed by atoms with E-state index < -0.39 is 0 Å². The highest BCUT2D eigenvalue weighted by Crippen LogP contribution is 2.61. The minimum absolute atomic E-state index is 0.542. The van der Waals surface area contributed by atoms with Crippen LogP contribution in [0.3, 0.4) is 0 Å². The van der Waals surface area contributed by atoms with Gasteiger partial charge in [-0.25, -0.2) is 9.67 Å². The molecule has 0 aromatic carbocycles. The van der Waals surface area contributed by atoms with E-state index in [9.17, 15) is 0 Å². The van der Waals surface area contributed by atoms with Gasteiger partial charge in [-0.1, -0.05) is 13.3 Å². The predicted molar refractivity (Wildman–Crippen MR) is 69.2 cm³/mol. The van der Waals surface area contributed by atoms with Crippen molar-refractivity contribution < 1.29 is 0 Å². The molecule has 4 nitrogen and oxygen atoms in total. The van der Waals surface area contributed by atoms with Gasteiger partial charge in [0.1, 0.15) is 12.2 Å². The van der Waals surface area contributed by atoms with Crippen LogP contribution in [0, 0.1) is 5.41 Å². The lowest BCUT2D eigenvalue weighted by molar-refractivity contribution is 0.214. The first-order chi connectivity index (χ1) is 8.82. The summed E-state index contributed by atoms with van der Waals surface area (Å²) in [7, 11) is 0.